The van der Waals surface area contributed by atoms with Crippen molar-refractivity contribution in [3.8, 4) is 0 Å². The molecular formula is C15H15F4NO3. The van der Waals surface area contributed by atoms with Gasteiger partial charge in [-0.2, -0.15) is 13.2 Å². The summed E-state index contributed by atoms with van der Waals surface area (Å²) in [5.74, 6) is -3.34. The number of benzene rings is 1. The zero-order valence-corrected chi connectivity index (χ0v) is 12.0. The molecule has 0 aliphatic heterocycles. The van der Waals surface area contributed by atoms with Crippen molar-refractivity contribution in [1.29, 1.82) is 0 Å². The minimum Gasteiger partial charge on any atom is -0.481 e. The topological polar surface area (TPSA) is 66.4 Å². The predicted octanol–water partition coefficient (Wildman–Crippen LogP) is 3.22. The average Bonchev–Trinajstić information content (AvgIpc) is 2.46. The maximum Gasteiger partial charge on any atom is 0.416 e. The molecule has 23 heavy (non-hydrogen) atoms. The van der Waals surface area contributed by atoms with Crippen LogP contribution >= 0.6 is 0 Å². The summed E-state index contributed by atoms with van der Waals surface area (Å²) in [7, 11) is 0. The Morgan fingerprint density at radius 1 is 1.13 bits per heavy atom. The number of carbonyl (C=O) groups is 2. The summed E-state index contributed by atoms with van der Waals surface area (Å²) in [6.45, 7) is 0. The molecule has 0 spiro atoms. The number of nitrogens with one attached hydrogen (secondary N) is 1. The third-order valence-electron chi connectivity index (χ3n) is 3.95. The van der Waals surface area contributed by atoms with Gasteiger partial charge in [-0.05, 0) is 43.9 Å². The Kier molecular flexibility index (Phi) is 4.91. The molecule has 1 saturated carbocycles. The first-order valence-electron chi connectivity index (χ1n) is 7.09. The smallest absolute Gasteiger partial charge is 0.416 e. The summed E-state index contributed by atoms with van der Waals surface area (Å²) >= 11 is 0. The molecule has 1 fully saturated rings. The molecule has 8 heteroatoms. The van der Waals surface area contributed by atoms with Crippen LogP contribution < -0.4 is 5.32 Å². The molecule has 1 aromatic rings. The molecule has 2 rings (SSSR count). The predicted molar refractivity (Wildman–Crippen MR) is 72.3 cm³/mol. The Morgan fingerprint density at radius 3 is 2.26 bits per heavy atom. The second-order valence-corrected chi connectivity index (χ2v) is 5.55. The zero-order chi connectivity index (χ0) is 17.2. The van der Waals surface area contributed by atoms with E-state index in [9.17, 15) is 27.2 Å². The summed E-state index contributed by atoms with van der Waals surface area (Å²) in [6.07, 6.45) is -3.15. The number of carbonyl (C=O) groups excluding carboxylic acids is 1. The number of carboxylic acids is 1. The summed E-state index contributed by atoms with van der Waals surface area (Å²) < 4.78 is 51.5. The van der Waals surface area contributed by atoms with Crippen molar-refractivity contribution in [2.45, 2.75) is 37.9 Å². The van der Waals surface area contributed by atoms with Crippen LogP contribution in [0.2, 0.25) is 0 Å². The molecule has 126 valence electrons. The van der Waals surface area contributed by atoms with Crippen LogP contribution in [0.4, 0.5) is 17.6 Å². The number of hydrogen-bond acceptors (Lipinski definition) is 2. The number of halogens is 4. The van der Waals surface area contributed by atoms with E-state index in [1.54, 1.807) is 0 Å². The van der Waals surface area contributed by atoms with E-state index in [1.807, 2.05) is 0 Å². The van der Waals surface area contributed by atoms with Crippen molar-refractivity contribution in [1.82, 2.24) is 5.32 Å². The third-order valence-corrected chi connectivity index (χ3v) is 3.95. The SMILES string of the molecule is O=C(NC1CCC(C(=O)O)CC1)c1cc(C(F)(F)F)ccc1F. The van der Waals surface area contributed by atoms with Gasteiger partial charge in [0, 0.05) is 6.04 Å². The van der Waals surface area contributed by atoms with Crippen LogP contribution in [-0.4, -0.2) is 23.0 Å². The maximum absolute atomic E-state index is 13.6. The molecule has 1 amide bonds. The van der Waals surface area contributed by atoms with E-state index in [-0.39, 0.29) is 6.04 Å². The lowest BCUT2D eigenvalue weighted by Crippen LogP contribution is -2.39. The molecule has 1 aromatic carbocycles. The van der Waals surface area contributed by atoms with Crippen LogP contribution in [0.15, 0.2) is 18.2 Å². The number of amides is 1. The van der Waals surface area contributed by atoms with Gasteiger partial charge in [-0.15, -0.1) is 0 Å². The largest absolute Gasteiger partial charge is 0.481 e. The monoisotopic (exact) mass is 333 g/mol. The standard InChI is InChI=1S/C15H15F4NO3/c16-12-6-3-9(15(17,18)19)7-11(12)13(21)20-10-4-1-8(2-5-10)14(22)23/h3,6-8,10H,1-2,4-5H2,(H,20,21)(H,22,23). The minimum atomic E-state index is -4.66. The van der Waals surface area contributed by atoms with Crippen molar-refractivity contribution in [3.63, 3.8) is 0 Å². The quantitative estimate of drug-likeness (QED) is 0.835. The maximum atomic E-state index is 13.6. The molecular weight excluding hydrogens is 318 g/mol. The van der Waals surface area contributed by atoms with Crippen LogP contribution in [0.5, 0.6) is 0 Å². The molecule has 0 radical (unpaired) electrons. The Balaban J connectivity index is 2.05. The van der Waals surface area contributed by atoms with Crippen molar-refractivity contribution < 1.29 is 32.3 Å². The summed E-state index contributed by atoms with van der Waals surface area (Å²) in [6, 6.07) is 1.30. The van der Waals surface area contributed by atoms with E-state index in [0.29, 0.717) is 43.9 Å². The normalized spacial score (nSPS) is 21.7. The Bertz CT molecular complexity index is 607. The fourth-order valence-corrected chi connectivity index (χ4v) is 2.62. The summed E-state index contributed by atoms with van der Waals surface area (Å²) in [5.41, 5.74) is -1.76. The molecule has 2 N–H and O–H groups in total. The van der Waals surface area contributed by atoms with Crippen molar-refractivity contribution >= 4 is 11.9 Å². The molecule has 4 nitrogen and oxygen atoms in total. The number of alkyl halides is 3. The van der Waals surface area contributed by atoms with Gasteiger partial charge in [0.05, 0.1) is 17.0 Å². The van der Waals surface area contributed by atoms with Crippen molar-refractivity contribution in [3.05, 3.63) is 35.1 Å². The van der Waals surface area contributed by atoms with Gasteiger partial charge in [0.2, 0.25) is 0 Å². The third kappa shape index (κ3) is 4.20. The highest BCUT2D eigenvalue weighted by atomic mass is 19.4. The van der Waals surface area contributed by atoms with E-state index in [2.05, 4.69) is 5.32 Å². The average molecular weight is 333 g/mol. The molecule has 1 aliphatic rings. The first-order chi connectivity index (χ1) is 10.7. The number of aliphatic carboxylic acids is 1. The molecule has 0 saturated heterocycles. The second-order valence-electron chi connectivity index (χ2n) is 5.55. The van der Waals surface area contributed by atoms with Gasteiger partial charge in [0.15, 0.2) is 0 Å². The molecule has 0 unspecified atom stereocenters. The highest BCUT2D eigenvalue weighted by molar-refractivity contribution is 5.94. The zero-order valence-electron chi connectivity index (χ0n) is 12.0. The van der Waals surface area contributed by atoms with Crippen LogP contribution in [-0.2, 0) is 11.0 Å². The summed E-state index contributed by atoms with van der Waals surface area (Å²) in [5, 5.41) is 11.4. The molecule has 0 bridgehead atoms. The Labute approximate surface area is 129 Å². The fraction of sp³-hybridized carbons (Fsp3) is 0.467. The Morgan fingerprint density at radius 2 is 1.74 bits per heavy atom. The van der Waals surface area contributed by atoms with E-state index in [1.165, 1.54) is 0 Å². The lowest BCUT2D eigenvalue weighted by molar-refractivity contribution is -0.143. The molecule has 1 aliphatic carbocycles. The fourth-order valence-electron chi connectivity index (χ4n) is 2.62. The van der Waals surface area contributed by atoms with Gasteiger partial charge in [0.1, 0.15) is 5.82 Å². The van der Waals surface area contributed by atoms with E-state index in [4.69, 9.17) is 5.11 Å². The van der Waals surface area contributed by atoms with Crippen LogP contribution in [0, 0.1) is 11.7 Å². The van der Waals surface area contributed by atoms with Gasteiger partial charge < -0.3 is 10.4 Å². The highest BCUT2D eigenvalue weighted by Gasteiger charge is 2.32. The van der Waals surface area contributed by atoms with Crippen molar-refractivity contribution in [2.24, 2.45) is 5.92 Å². The van der Waals surface area contributed by atoms with Gasteiger partial charge in [-0.25, -0.2) is 4.39 Å². The lowest BCUT2D eigenvalue weighted by Gasteiger charge is -2.27. The van der Waals surface area contributed by atoms with Gasteiger partial charge in [-0.1, -0.05) is 0 Å². The van der Waals surface area contributed by atoms with Gasteiger partial charge in [0.25, 0.3) is 5.91 Å². The summed E-state index contributed by atoms with van der Waals surface area (Å²) in [4.78, 5) is 22.8. The van der Waals surface area contributed by atoms with Crippen LogP contribution in [0.25, 0.3) is 0 Å². The molecule has 0 aromatic heterocycles. The minimum absolute atomic E-state index is 0.366. The lowest BCUT2D eigenvalue weighted by atomic mass is 9.86. The van der Waals surface area contributed by atoms with E-state index in [0.717, 1.165) is 0 Å². The number of hydrogen-bond donors (Lipinski definition) is 2. The van der Waals surface area contributed by atoms with Crippen LogP contribution in [0.1, 0.15) is 41.6 Å². The van der Waals surface area contributed by atoms with Gasteiger partial charge in [-0.3, -0.25) is 9.59 Å². The molecule has 0 heterocycles. The van der Waals surface area contributed by atoms with Gasteiger partial charge >= 0.3 is 12.1 Å². The number of carboxylic acid groups (broad SMARTS) is 1. The molecule has 0 atom stereocenters. The van der Waals surface area contributed by atoms with E-state index < -0.39 is 40.9 Å². The first kappa shape index (κ1) is 17.2. The van der Waals surface area contributed by atoms with Crippen molar-refractivity contribution in [2.75, 3.05) is 0 Å². The first-order valence-corrected chi connectivity index (χ1v) is 7.09. The van der Waals surface area contributed by atoms with E-state index >= 15 is 0 Å². The second kappa shape index (κ2) is 6.55. The van der Waals surface area contributed by atoms with Crippen LogP contribution in [0.3, 0.4) is 0 Å². The number of rotatable bonds is 3. The Hall–Kier alpha value is -2.12. The highest BCUT2D eigenvalue weighted by Crippen LogP contribution is 2.30.